The van der Waals surface area contributed by atoms with Gasteiger partial charge < -0.3 is 14.8 Å². The molecule has 1 amide bonds. The Morgan fingerprint density at radius 3 is 2.67 bits per heavy atom. The molecule has 0 saturated heterocycles. The van der Waals surface area contributed by atoms with Crippen LogP contribution in [-0.2, 0) is 6.54 Å². The van der Waals surface area contributed by atoms with Crippen molar-refractivity contribution < 1.29 is 19.1 Å². The van der Waals surface area contributed by atoms with E-state index in [0.717, 1.165) is 5.69 Å². The van der Waals surface area contributed by atoms with E-state index in [4.69, 9.17) is 9.52 Å². The number of furan rings is 1. The molecule has 2 heterocycles. The third kappa shape index (κ3) is 3.31. The van der Waals surface area contributed by atoms with E-state index in [2.05, 4.69) is 15.5 Å². The number of aromatic carboxylic acids is 1. The summed E-state index contributed by atoms with van der Waals surface area (Å²) in [6.45, 7) is 5.66. The van der Waals surface area contributed by atoms with Crippen molar-refractivity contribution in [2.45, 2.75) is 33.2 Å². The minimum Gasteiger partial charge on any atom is -0.478 e. The van der Waals surface area contributed by atoms with Crippen LogP contribution in [0.1, 0.15) is 57.8 Å². The number of amides is 1. The van der Waals surface area contributed by atoms with Crippen LogP contribution in [0, 0.1) is 6.92 Å². The molecule has 2 aromatic rings. The van der Waals surface area contributed by atoms with Crippen LogP contribution in [0.4, 0.5) is 0 Å². The van der Waals surface area contributed by atoms with Crippen molar-refractivity contribution in [1.29, 1.82) is 0 Å². The van der Waals surface area contributed by atoms with E-state index in [9.17, 15) is 9.59 Å². The van der Waals surface area contributed by atoms with Crippen molar-refractivity contribution >= 4 is 11.9 Å². The van der Waals surface area contributed by atoms with E-state index in [1.807, 2.05) is 13.8 Å². The van der Waals surface area contributed by atoms with Crippen LogP contribution < -0.4 is 5.32 Å². The monoisotopic (exact) mass is 291 g/mol. The van der Waals surface area contributed by atoms with Crippen molar-refractivity contribution in [3.63, 3.8) is 0 Å². The van der Waals surface area contributed by atoms with Crippen molar-refractivity contribution in [2.24, 2.45) is 0 Å². The van der Waals surface area contributed by atoms with Gasteiger partial charge in [-0.2, -0.15) is 5.10 Å². The van der Waals surface area contributed by atoms with Gasteiger partial charge in [0.1, 0.15) is 22.8 Å². The van der Waals surface area contributed by atoms with Crippen LogP contribution >= 0.6 is 0 Å². The van der Waals surface area contributed by atoms with Crippen LogP contribution in [0.3, 0.4) is 0 Å². The molecule has 7 nitrogen and oxygen atoms in total. The van der Waals surface area contributed by atoms with Gasteiger partial charge in [-0.05, 0) is 25.0 Å². The summed E-state index contributed by atoms with van der Waals surface area (Å²) in [5.74, 6) is -0.442. The highest BCUT2D eigenvalue weighted by atomic mass is 16.4. The smallest absolute Gasteiger partial charge is 0.339 e. The van der Waals surface area contributed by atoms with Crippen LogP contribution in [0.15, 0.2) is 16.5 Å². The molecule has 2 rings (SSSR count). The predicted molar refractivity (Wildman–Crippen MR) is 74.3 cm³/mol. The largest absolute Gasteiger partial charge is 0.478 e. The standard InChI is InChI=1S/C14H17N3O4/c1-7(2)11-5-12(17-16-11)13(18)15-6-9-4-10(14(19)20)8(3)21-9/h4-5,7H,6H2,1-3H3,(H,15,18)(H,16,17)(H,19,20). The van der Waals surface area contributed by atoms with Gasteiger partial charge in [0, 0.05) is 5.69 Å². The number of nitrogens with one attached hydrogen (secondary N) is 2. The summed E-state index contributed by atoms with van der Waals surface area (Å²) >= 11 is 0. The molecular weight excluding hydrogens is 274 g/mol. The van der Waals surface area contributed by atoms with Crippen LogP contribution in [0.2, 0.25) is 0 Å². The zero-order valence-electron chi connectivity index (χ0n) is 12.1. The Balaban J connectivity index is 2.00. The lowest BCUT2D eigenvalue weighted by Gasteiger charge is -2.00. The Morgan fingerprint density at radius 2 is 2.14 bits per heavy atom. The summed E-state index contributed by atoms with van der Waals surface area (Å²) in [5.41, 5.74) is 1.27. The quantitative estimate of drug-likeness (QED) is 0.781. The lowest BCUT2D eigenvalue weighted by molar-refractivity contribution is 0.0694. The fourth-order valence-corrected chi connectivity index (χ4v) is 1.85. The molecule has 21 heavy (non-hydrogen) atoms. The summed E-state index contributed by atoms with van der Waals surface area (Å²) in [4.78, 5) is 22.8. The van der Waals surface area contributed by atoms with Gasteiger partial charge in [0.25, 0.3) is 5.91 Å². The number of hydrogen-bond donors (Lipinski definition) is 3. The van der Waals surface area contributed by atoms with Crippen LogP contribution in [-0.4, -0.2) is 27.2 Å². The van der Waals surface area contributed by atoms with Crippen molar-refractivity contribution in [3.05, 3.63) is 40.6 Å². The lowest BCUT2D eigenvalue weighted by Crippen LogP contribution is -2.22. The third-order valence-electron chi connectivity index (χ3n) is 3.07. The molecule has 0 aliphatic rings. The van der Waals surface area contributed by atoms with E-state index in [0.29, 0.717) is 17.2 Å². The Labute approximate surface area is 121 Å². The first kappa shape index (κ1) is 14.8. The van der Waals surface area contributed by atoms with E-state index >= 15 is 0 Å². The molecule has 0 aliphatic carbocycles. The fourth-order valence-electron chi connectivity index (χ4n) is 1.85. The number of carboxylic acid groups (broad SMARTS) is 1. The van der Waals surface area contributed by atoms with E-state index in [-0.39, 0.29) is 23.9 Å². The topological polar surface area (TPSA) is 108 Å². The zero-order valence-corrected chi connectivity index (χ0v) is 12.1. The SMILES string of the molecule is Cc1oc(CNC(=O)c2cc(C(C)C)[nH]n2)cc1C(=O)O. The van der Waals surface area contributed by atoms with Crippen LogP contribution in [0.5, 0.6) is 0 Å². The van der Waals surface area contributed by atoms with Gasteiger partial charge in [0.05, 0.1) is 6.54 Å². The maximum absolute atomic E-state index is 11.9. The molecular formula is C14H17N3O4. The van der Waals surface area contributed by atoms with Gasteiger partial charge in [-0.15, -0.1) is 0 Å². The average molecular weight is 291 g/mol. The van der Waals surface area contributed by atoms with E-state index < -0.39 is 5.97 Å². The fraction of sp³-hybridized carbons (Fsp3) is 0.357. The molecule has 0 spiro atoms. The first-order valence-corrected chi connectivity index (χ1v) is 6.54. The number of aromatic nitrogens is 2. The Hall–Kier alpha value is -2.57. The molecule has 0 bridgehead atoms. The van der Waals surface area contributed by atoms with Gasteiger partial charge in [-0.25, -0.2) is 4.79 Å². The first-order chi connectivity index (χ1) is 9.88. The number of rotatable bonds is 5. The highest BCUT2D eigenvalue weighted by Crippen LogP contribution is 2.15. The summed E-state index contributed by atoms with van der Waals surface area (Å²) in [6.07, 6.45) is 0. The molecule has 0 aliphatic heterocycles. The number of carboxylic acids is 1. The van der Waals surface area contributed by atoms with Gasteiger partial charge in [-0.1, -0.05) is 13.8 Å². The predicted octanol–water partition coefficient (Wildman–Crippen LogP) is 2.06. The number of H-pyrrole nitrogens is 1. The van der Waals surface area contributed by atoms with Gasteiger partial charge >= 0.3 is 5.97 Å². The molecule has 0 unspecified atom stereocenters. The Morgan fingerprint density at radius 1 is 1.43 bits per heavy atom. The molecule has 0 saturated carbocycles. The van der Waals surface area contributed by atoms with Gasteiger partial charge in [0.2, 0.25) is 0 Å². The first-order valence-electron chi connectivity index (χ1n) is 6.54. The molecule has 0 radical (unpaired) electrons. The van der Waals surface area contributed by atoms with Crippen molar-refractivity contribution in [1.82, 2.24) is 15.5 Å². The highest BCUT2D eigenvalue weighted by molar-refractivity contribution is 5.92. The maximum Gasteiger partial charge on any atom is 0.339 e. The lowest BCUT2D eigenvalue weighted by atomic mass is 10.1. The number of aryl methyl sites for hydroxylation is 1. The van der Waals surface area contributed by atoms with E-state index in [1.165, 1.54) is 6.07 Å². The molecule has 112 valence electrons. The minimum absolute atomic E-state index is 0.0983. The third-order valence-corrected chi connectivity index (χ3v) is 3.07. The van der Waals surface area contributed by atoms with E-state index in [1.54, 1.807) is 13.0 Å². The average Bonchev–Trinajstić information content (AvgIpc) is 3.02. The summed E-state index contributed by atoms with van der Waals surface area (Å²) in [5, 5.41) is 18.3. The minimum atomic E-state index is -1.05. The Kier molecular flexibility index (Phi) is 4.11. The Bertz CT molecular complexity index is 670. The van der Waals surface area contributed by atoms with Crippen LogP contribution in [0.25, 0.3) is 0 Å². The summed E-state index contributed by atoms with van der Waals surface area (Å²) in [6, 6.07) is 3.10. The number of nitrogens with zero attached hydrogens (tertiary/aromatic N) is 1. The number of carbonyl (C=O) groups is 2. The van der Waals surface area contributed by atoms with Gasteiger partial charge in [-0.3, -0.25) is 9.89 Å². The second-order valence-electron chi connectivity index (χ2n) is 5.03. The molecule has 0 aromatic carbocycles. The molecule has 2 aromatic heterocycles. The molecule has 0 fully saturated rings. The summed E-state index contributed by atoms with van der Waals surface area (Å²) in [7, 11) is 0. The van der Waals surface area contributed by atoms with Gasteiger partial charge in [0.15, 0.2) is 0 Å². The number of carbonyl (C=O) groups excluding carboxylic acids is 1. The molecule has 7 heteroatoms. The second kappa shape index (κ2) is 5.82. The van der Waals surface area contributed by atoms with Crippen molar-refractivity contribution in [3.8, 4) is 0 Å². The number of hydrogen-bond acceptors (Lipinski definition) is 4. The highest BCUT2D eigenvalue weighted by Gasteiger charge is 2.16. The second-order valence-corrected chi connectivity index (χ2v) is 5.03. The maximum atomic E-state index is 11.9. The molecule has 0 atom stereocenters. The zero-order chi connectivity index (χ0) is 15.6. The van der Waals surface area contributed by atoms with Crippen molar-refractivity contribution in [2.75, 3.05) is 0 Å². The normalized spacial score (nSPS) is 10.9. The molecule has 3 N–H and O–H groups in total. The number of aromatic amines is 1. The summed E-state index contributed by atoms with van der Waals surface area (Å²) < 4.78 is 5.28.